The number of carbonyl (C=O) groups excluding carboxylic acids is 2. The number of nitrogens with one attached hydrogen (secondary N) is 1. The minimum atomic E-state index is -3.72. The van der Waals surface area contributed by atoms with Crippen LogP contribution in [0.3, 0.4) is 0 Å². The number of anilines is 1. The van der Waals surface area contributed by atoms with Crippen LogP contribution in [-0.4, -0.2) is 50.5 Å². The summed E-state index contributed by atoms with van der Waals surface area (Å²) in [6.45, 7) is 5.64. The molecule has 2 rings (SSSR count). The number of sulfonamides is 1. The zero-order chi connectivity index (χ0) is 23.0. The highest BCUT2D eigenvalue weighted by Gasteiger charge is 2.30. The predicted octanol–water partition coefficient (Wildman–Crippen LogP) is 2.57. The van der Waals surface area contributed by atoms with Gasteiger partial charge >= 0.3 is 0 Å². The van der Waals surface area contributed by atoms with Crippen molar-refractivity contribution in [3.05, 3.63) is 65.7 Å². The fourth-order valence-electron chi connectivity index (χ4n) is 3.33. The van der Waals surface area contributed by atoms with Crippen molar-refractivity contribution >= 4 is 27.5 Å². The average molecular weight is 446 g/mol. The van der Waals surface area contributed by atoms with Gasteiger partial charge in [0, 0.05) is 13.1 Å². The number of amides is 2. The second-order valence-electron chi connectivity index (χ2n) is 7.33. The quantitative estimate of drug-likeness (QED) is 0.609. The van der Waals surface area contributed by atoms with Crippen LogP contribution < -0.4 is 9.62 Å². The molecule has 2 amide bonds. The van der Waals surface area contributed by atoms with Gasteiger partial charge in [-0.05, 0) is 37.5 Å². The largest absolute Gasteiger partial charge is 0.355 e. The number of rotatable bonds is 10. The fourth-order valence-corrected chi connectivity index (χ4v) is 4.21. The maximum Gasteiger partial charge on any atom is 0.244 e. The Bertz CT molecular complexity index is 993. The van der Waals surface area contributed by atoms with Crippen LogP contribution in [0.1, 0.15) is 31.9 Å². The van der Waals surface area contributed by atoms with Crippen LogP contribution >= 0.6 is 0 Å². The number of hydrogen-bond donors (Lipinski definition) is 1. The number of likely N-dealkylation sites (N-methyl/N-ethyl adjacent to an activating group) is 1. The van der Waals surface area contributed by atoms with Gasteiger partial charge in [0.1, 0.15) is 12.6 Å². The van der Waals surface area contributed by atoms with E-state index in [-0.39, 0.29) is 19.0 Å². The summed E-state index contributed by atoms with van der Waals surface area (Å²) in [6.07, 6.45) is 1.71. The molecular weight excluding hydrogens is 414 g/mol. The molecule has 0 aliphatic heterocycles. The maximum atomic E-state index is 13.4. The van der Waals surface area contributed by atoms with Crippen molar-refractivity contribution in [1.82, 2.24) is 10.2 Å². The van der Waals surface area contributed by atoms with Gasteiger partial charge in [-0.2, -0.15) is 0 Å². The van der Waals surface area contributed by atoms with E-state index in [1.807, 2.05) is 49.4 Å². The Labute approximate surface area is 185 Å². The molecule has 8 heteroatoms. The van der Waals surface area contributed by atoms with Gasteiger partial charge in [0.25, 0.3) is 0 Å². The SMILES string of the molecule is CCNC(=O)C(C)N(Cc1ccccc1)C(=O)CN(c1ccccc1CC)S(C)(=O)=O. The van der Waals surface area contributed by atoms with Crippen LogP contribution in [0.2, 0.25) is 0 Å². The molecule has 168 valence electrons. The van der Waals surface area contributed by atoms with Crippen LogP contribution in [0.25, 0.3) is 0 Å². The first kappa shape index (κ1) is 24.4. The molecule has 31 heavy (non-hydrogen) atoms. The molecule has 0 aromatic heterocycles. The van der Waals surface area contributed by atoms with Gasteiger partial charge in [-0.25, -0.2) is 8.42 Å². The van der Waals surface area contributed by atoms with Gasteiger partial charge in [0.2, 0.25) is 21.8 Å². The summed E-state index contributed by atoms with van der Waals surface area (Å²) in [5, 5.41) is 2.74. The highest BCUT2D eigenvalue weighted by Crippen LogP contribution is 2.24. The Morgan fingerprint density at radius 3 is 2.19 bits per heavy atom. The van der Waals surface area contributed by atoms with Gasteiger partial charge in [-0.15, -0.1) is 0 Å². The zero-order valence-corrected chi connectivity index (χ0v) is 19.4. The van der Waals surface area contributed by atoms with Crippen molar-refractivity contribution in [3.63, 3.8) is 0 Å². The Morgan fingerprint density at radius 1 is 1.00 bits per heavy atom. The minimum absolute atomic E-state index is 0.199. The molecule has 0 aliphatic rings. The Balaban J connectivity index is 2.40. The second kappa shape index (κ2) is 10.9. The van der Waals surface area contributed by atoms with Crippen molar-refractivity contribution in [2.24, 2.45) is 0 Å². The van der Waals surface area contributed by atoms with E-state index in [1.54, 1.807) is 26.0 Å². The van der Waals surface area contributed by atoms with E-state index in [4.69, 9.17) is 0 Å². The summed E-state index contributed by atoms with van der Waals surface area (Å²) >= 11 is 0. The van der Waals surface area contributed by atoms with Crippen LogP contribution in [0.4, 0.5) is 5.69 Å². The minimum Gasteiger partial charge on any atom is -0.355 e. The van der Waals surface area contributed by atoms with E-state index >= 15 is 0 Å². The fraction of sp³-hybridized carbons (Fsp3) is 0.391. The number of carbonyl (C=O) groups is 2. The van der Waals surface area contributed by atoms with Crippen molar-refractivity contribution < 1.29 is 18.0 Å². The molecule has 2 aromatic rings. The van der Waals surface area contributed by atoms with Crippen molar-refractivity contribution in [3.8, 4) is 0 Å². The molecule has 0 radical (unpaired) electrons. The number of para-hydroxylation sites is 1. The normalized spacial score (nSPS) is 12.1. The molecule has 0 heterocycles. The highest BCUT2D eigenvalue weighted by atomic mass is 32.2. The molecule has 1 unspecified atom stereocenters. The molecular formula is C23H31N3O4S. The topological polar surface area (TPSA) is 86.8 Å². The Morgan fingerprint density at radius 2 is 1.61 bits per heavy atom. The lowest BCUT2D eigenvalue weighted by Crippen LogP contribution is -2.51. The molecule has 0 bridgehead atoms. The standard InChI is InChI=1S/C23H31N3O4S/c1-5-20-14-10-11-15-21(20)26(31(4,29)30)17-22(27)25(18(3)23(28)24-6-2)16-19-12-8-7-9-13-19/h7-15,18H,5-6,16-17H2,1-4H3,(H,24,28). The number of hydrogen-bond acceptors (Lipinski definition) is 4. The Kier molecular flexibility index (Phi) is 8.62. The van der Waals surface area contributed by atoms with Crippen molar-refractivity contribution in [1.29, 1.82) is 0 Å². The van der Waals surface area contributed by atoms with Crippen LogP contribution in [0.5, 0.6) is 0 Å². The zero-order valence-electron chi connectivity index (χ0n) is 18.5. The van der Waals surface area contributed by atoms with E-state index in [0.717, 1.165) is 21.7 Å². The van der Waals surface area contributed by atoms with Crippen LogP contribution in [-0.2, 0) is 32.6 Å². The summed E-state index contributed by atoms with van der Waals surface area (Å²) in [7, 11) is -3.72. The summed E-state index contributed by atoms with van der Waals surface area (Å²) in [4.78, 5) is 27.3. The lowest BCUT2D eigenvalue weighted by molar-refractivity contribution is -0.139. The third-order valence-corrected chi connectivity index (χ3v) is 6.16. The summed E-state index contributed by atoms with van der Waals surface area (Å²) in [6, 6.07) is 15.7. The summed E-state index contributed by atoms with van der Waals surface area (Å²) in [5.41, 5.74) is 2.16. The van der Waals surface area contributed by atoms with E-state index < -0.39 is 22.0 Å². The molecule has 0 aliphatic carbocycles. The lowest BCUT2D eigenvalue weighted by Gasteiger charge is -2.32. The van der Waals surface area contributed by atoms with Gasteiger partial charge in [0.15, 0.2) is 0 Å². The molecule has 2 aromatic carbocycles. The number of benzene rings is 2. The van der Waals surface area contributed by atoms with E-state index in [2.05, 4.69) is 5.32 Å². The number of nitrogens with zero attached hydrogens (tertiary/aromatic N) is 2. The first-order chi connectivity index (χ1) is 14.7. The molecule has 1 N–H and O–H groups in total. The smallest absolute Gasteiger partial charge is 0.244 e. The van der Waals surface area contributed by atoms with Gasteiger partial charge in [-0.3, -0.25) is 13.9 Å². The molecule has 1 atom stereocenters. The Hall–Kier alpha value is -2.87. The van der Waals surface area contributed by atoms with Crippen LogP contribution in [0, 0.1) is 0 Å². The van der Waals surface area contributed by atoms with Gasteiger partial charge < -0.3 is 10.2 Å². The molecule has 0 spiro atoms. The monoisotopic (exact) mass is 445 g/mol. The molecule has 0 fully saturated rings. The second-order valence-corrected chi connectivity index (χ2v) is 9.24. The molecule has 7 nitrogen and oxygen atoms in total. The summed E-state index contributed by atoms with van der Waals surface area (Å²) in [5.74, 6) is -0.731. The molecule has 0 saturated carbocycles. The lowest BCUT2D eigenvalue weighted by atomic mass is 10.1. The number of aryl methyl sites for hydroxylation is 1. The summed E-state index contributed by atoms with van der Waals surface area (Å²) < 4.78 is 26.3. The van der Waals surface area contributed by atoms with Crippen LogP contribution in [0.15, 0.2) is 54.6 Å². The van der Waals surface area contributed by atoms with E-state index in [1.165, 1.54) is 4.90 Å². The third kappa shape index (κ3) is 6.55. The van der Waals surface area contributed by atoms with Gasteiger partial charge in [-0.1, -0.05) is 55.5 Å². The van der Waals surface area contributed by atoms with Crippen molar-refractivity contribution in [2.75, 3.05) is 23.7 Å². The average Bonchev–Trinajstić information content (AvgIpc) is 2.75. The van der Waals surface area contributed by atoms with E-state index in [9.17, 15) is 18.0 Å². The van der Waals surface area contributed by atoms with Crippen molar-refractivity contribution in [2.45, 2.75) is 39.8 Å². The molecule has 0 saturated heterocycles. The highest BCUT2D eigenvalue weighted by molar-refractivity contribution is 7.92. The van der Waals surface area contributed by atoms with E-state index in [0.29, 0.717) is 18.7 Å². The maximum absolute atomic E-state index is 13.4. The van der Waals surface area contributed by atoms with Gasteiger partial charge in [0.05, 0.1) is 11.9 Å². The predicted molar refractivity (Wildman–Crippen MR) is 123 cm³/mol. The third-order valence-electron chi connectivity index (χ3n) is 5.03. The first-order valence-corrected chi connectivity index (χ1v) is 12.2. The first-order valence-electron chi connectivity index (χ1n) is 10.4.